The number of rotatable bonds is 6. The zero-order valence-electron chi connectivity index (χ0n) is 10.8. The van der Waals surface area contributed by atoms with Gasteiger partial charge in [0.05, 0.1) is 6.61 Å². The molecule has 19 heavy (non-hydrogen) atoms. The van der Waals surface area contributed by atoms with E-state index >= 15 is 0 Å². The average Bonchev–Trinajstić information content (AvgIpc) is 2.33. The van der Waals surface area contributed by atoms with Crippen LogP contribution < -0.4 is 10.6 Å². The predicted molar refractivity (Wildman–Crippen MR) is 65.6 cm³/mol. The van der Waals surface area contributed by atoms with E-state index in [1.54, 1.807) is 11.9 Å². The third kappa shape index (κ3) is 6.05. The summed E-state index contributed by atoms with van der Waals surface area (Å²) >= 11 is 0. The minimum atomic E-state index is -1.04. The van der Waals surface area contributed by atoms with Crippen LogP contribution in [0.15, 0.2) is 0 Å². The number of aliphatic carboxylic acids is 1. The molecule has 1 aliphatic heterocycles. The number of ether oxygens (including phenoxy) is 1. The molecule has 108 valence electrons. The van der Waals surface area contributed by atoms with E-state index in [0.717, 1.165) is 0 Å². The van der Waals surface area contributed by atoms with Gasteiger partial charge in [-0.2, -0.15) is 0 Å². The molecule has 1 aliphatic rings. The molecule has 0 aromatic rings. The molecule has 0 bridgehead atoms. The van der Waals surface area contributed by atoms with E-state index in [1.807, 2.05) is 0 Å². The van der Waals surface area contributed by atoms with Crippen molar-refractivity contribution < 1.29 is 24.2 Å². The van der Waals surface area contributed by atoms with Crippen LogP contribution in [-0.2, 0) is 14.3 Å². The van der Waals surface area contributed by atoms with Crippen LogP contribution in [0.2, 0.25) is 0 Å². The van der Waals surface area contributed by atoms with Crippen LogP contribution in [0.3, 0.4) is 0 Å². The van der Waals surface area contributed by atoms with Crippen LogP contribution in [-0.4, -0.2) is 67.3 Å². The van der Waals surface area contributed by atoms with E-state index < -0.39 is 5.97 Å². The lowest BCUT2D eigenvalue weighted by Crippen LogP contribution is -2.51. The highest BCUT2D eigenvalue weighted by atomic mass is 16.5. The van der Waals surface area contributed by atoms with Gasteiger partial charge in [0.15, 0.2) is 0 Å². The van der Waals surface area contributed by atoms with E-state index in [4.69, 9.17) is 9.84 Å². The molecule has 0 saturated carbocycles. The maximum atomic E-state index is 11.5. The SMILES string of the molecule is CN1CC(NC(=O)NCCOCC(=O)O)CCC1=O. The third-order valence-electron chi connectivity index (χ3n) is 2.72. The van der Waals surface area contributed by atoms with Gasteiger partial charge in [0.25, 0.3) is 0 Å². The highest BCUT2D eigenvalue weighted by Gasteiger charge is 2.23. The lowest BCUT2D eigenvalue weighted by atomic mass is 10.1. The Bertz CT molecular complexity index is 347. The van der Waals surface area contributed by atoms with Crippen molar-refractivity contribution in [3.8, 4) is 0 Å². The summed E-state index contributed by atoms with van der Waals surface area (Å²) in [5, 5.41) is 13.6. The summed E-state index contributed by atoms with van der Waals surface area (Å²) in [6, 6.07) is -0.394. The number of nitrogens with zero attached hydrogens (tertiary/aromatic N) is 1. The van der Waals surface area contributed by atoms with E-state index in [-0.39, 0.29) is 37.7 Å². The third-order valence-corrected chi connectivity index (χ3v) is 2.72. The fourth-order valence-corrected chi connectivity index (χ4v) is 1.76. The highest BCUT2D eigenvalue weighted by Crippen LogP contribution is 2.09. The smallest absolute Gasteiger partial charge is 0.329 e. The molecule has 1 saturated heterocycles. The fraction of sp³-hybridized carbons (Fsp3) is 0.727. The number of carboxylic acids is 1. The minimum absolute atomic E-state index is 0.0531. The van der Waals surface area contributed by atoms with Crippen molar-refractivity contribution in [2.24, 2.45) is 0 Å². The van der Waals surface area contributed by atoms with Gasteiger partial charge in [-0.15, -0.1) is 0 Å². The Morgan fingerprint density at radius 1 is 1.53 bits per heavy atom. The molecule has 1 heterocycles. The van der Waals surface area contributed by atoms with Crippen LogP contribution in [0.1, 0.15) is 12.8 Å². The van der Waals surface area contributed by atoms with Gasteiger partial charge in [-0.1, -0.05) is 0 Å². The van der Waals surface area contributed by atoms with Crippen LogP contribution in [0, 0.1) is 0 Å². The van der Waals surface area contributed by atoms with Crippen molar-refractivity contribution in [3.63, 3.8) is 0 Å². The molecule has 1 fully saturated rings. The first-order valence-corrected chi connectivity index (χ1v) is 6.07. The van der Waals surface area contributed by atoms with Crippen LogP contribution in [0.25, 0.3) is 0 Å². The van der Waals surface area contributed by atoms with Crippen LogP contribution in [0.5, 0.6) is 0 Å². The molecule has 0 aromatic heterocycles. The Balaban J connectivity index is 2.10. The van der Waals surface area contributed by atoms with Gasteiger partial charge in [-0.3, -0.25) is 4.79 Å². The maximum absolute atomic E-state index is 11.5. The highest BCUT2D eigenvalue weighted by molar-refractivity contribution is 5.78. The van der Waals surface area contributed by atoms with Gasteiger partial charge in [0.2, 0.25) is 5.91 Å². The summed E-state index contributed by atoms with van der Waals surface area (Å²) in [5.74, 6) is -0.958. The lowest BCUT2D eigenvalue weighted by molar-refractivity contribution is -0.142. The van der Waals surface area contributed by atoms with Crippen molar-refractivity contribution in [1.82, 2.24) is 15.5 Å². The number of piperidine rings is 1. The molecule has 3 amide bonds. The number of carboxylic acid groups (broad SMARTS) is 1. The van der Waals surface area contributed by atoms with Gasteiger partial charge < -0.3 is 25.4 Å². The van der Waals surface area contributed by atoms with Crippen molar-refractivity contribution in [3.05, 3.63) is 0 Å². The Hall–Kier alpha value is -1.83. The number of nitrogens with one attached hydrogen (secondary N) is 2. The number of urea groups is 1. The molecular weight excluding hydrogens is 254 g/mol. The molecule has 0 radical (unpaired) electrons. The minimum Gasteiger partial charge on any atom is -0.480 e. The molecule has 8 nitrogen and oxygen atoms in total. The Morgan fingerprint density at radius 2 is 2.26 bits per heavy atom. The summed E-state index contributed by atoms with van der Waals surface area (Å²) in [5.41, 5.74) is 0. The predicted octanol–water partition coefficient (Wildman–Crippen LogP) is -0.992. The number of carbonyl (C=O) groups excluding carboxylic acids is 2. The number of amides is 3. The summed E-state index contributed by atoms with van der Waals surface area (Å²) in [4.78, 5) is 34.5. The van der Waals surface area contributed by atoms with Gasteiger partial charge in [0, 0.05) is 32.6 Å². The van der Waals surface area contributed by atoms with E-state index in [2.05, 4.69) is 10.6 Å². The Morgan fingerprint density at radius 3 is 2.89 bits per heavy atom. The van der Waals surface area contributed by atoms with Crippen molar-refractivity contribution in [2.75, 3.05) is 33.4 Å². The first-order chi connectivity index (χ1) is 8.99. The fourth-order valence-electron chi connectivity index (χ4n) is 1.76. The number of likely N-dealkylation sites (tertiary alicyclic amines) is 1. The van der Waals surface area contributed by atoms with Crippen molar-refractivity contribution in [1.29, 1.82) is 0 Å². The van der Waals surface area contributed by atoms with Gasteiger partial charge in [-0.25, -0.2) is 9.59 Å². The normalized spacial score (nSPS) is 19.1. The molecular formula is C11H19N3O5. The summed E-state index contributed by atoms with van der Waals surface area (Å²) in [6.45, 7) is 0.504. The zero-order chi connectivity index (χ0) is 14.3. The molecule has 8 heteroatoms. The number of hydrogen-bond acceptors (Lipinski definition) is 4. The van der Waals surface area contributed by atoms with E-state index in [1.165, 1.54) is 0 Å². The number of carbonyl (C=O) groups is 3. The second-order valence-corrected chi connectivity index (χ2v) is 4.36. The maximum Gasteiger partial charge on any atom is 0.329 e. The molecule has 0 aromatic carbocycles. The molecule has 0 aliphatic carbocycles. The second kappa shape index (κ2) is 7.57. The van der Waals surface area contributed by atoms with Crippen LogP contribution in [0.4, 0.5) is 4.79 Å². The van der Waals surface area contributed by atoms with Crippen LogP contribution >= 0.6 is 0 Å². The summed E-state index contributed by atoms with van der Waals surface area (Å²) in [7, 11) is 1.70. The topological polar surface area (TPSA) is 108 Å². The monoisotopic (exact) mass is 273 g/mol. The lowest BCUT2D eigenvalue weighted by Gasteiger charge is -2.30. The zero-order valence-corrected chi connectivity index (χ0v) is 10.8. The standard InChI is InChI=1S/C11H19N3O5/c1-14-6-8(2-3-9(14)15)13-11(18)12-4-5-19-7-10(16)17/h8H,2-7H2,1H3,(H,16,17)(H2,12,13,18). The Kier molecular flexibility index (Phi) is 6.07. The molecule has 1 unspecified atom stereocenters. The van der Waals surface area contributed by atoms with Gasteiger partial charge >= 0.3 is 12.0 Å². The van der Waals surface area contributed by atoms with E-state index in [9.17, 15) is 14.4 Å². The largest absolute Gasteiger partial charge is 0.480 e. The molecule has 3 N–H and O–H groups in total. The number of hydrogen-bond donors (Lipinski definition) is 3. The quantitative estimate of drug-likeness (QED) is 0.538. The number of likely N-dealkylation sites (N-methyl/N-ethyl adjacent to an activating group) is 1. The molecule has 1 rings (SSSR count). The first kappa shape index (κ1) is 15.2. The van der Waals surface area contributed by atoms with Gasteiger partial charge in [-0.05, 0) is 6.42 Å². The van der Waals surface area contributed by atoms with E-state index in [0.29, 0.717) is 19.4 Å². The summed E-state index contributed by atoms with van der Waals surface area (Å²) < 4.78 is 4.77. The summed E-state index contributed by atoms with van der Waals surface area (Å²) in [6.07, 6.45) is 1.06. The second-order valence-electron chi connectivity index (χ2n) is 4.36. The average molecular weight is 273 g/mol. The van der Waals surface area contributed by atoms with Crippen molar-refractivity contribution >= 4 is 17.9 Å². The van der Waals surface area contributed by atoms with Gasteiger partial charge in [0.1, 0.15) is 6.61 Å². The molecule has 0 spiro atoms. The Labute approximate surface area is 111 Å². The molecule has 1 atom stereocenters. The first-order valence-electron chi connectivity index (χ1n) is 6.07. The van der Waals surface area contributed by atoms with Crippen molar-refractivity contribution in [2.45, 2.75) is 18.9 Å².